The van der Waals surface area contributed by atoms with Gasteiger partial charge >= 0.3 is 12.4 Å². The molecule has 0 saturated heterocycles. The molecule has 0 fully saturated rings. The Morgan fingerprint density at radius 1 is 0.812 bits per heavy atom. The van der Waals surface area contributed by atoms with Crippen LogP contribution in [0.25, 0.3) is 0 Å². The van der Waals surface area contributed by atoms with Crippen molar-refractivity contribution in [2.45, 2.75) is 57.7 Å². The zero-order chi connectivity index (χ0) is 13.4. The first kappa shape index (κ1) is 15.5. The van der Waals surface area contributed by atoms with Crippen molar-refractivity contribution >= 4 is 0 Å². The predicted molar refractivity (Wildman–Crippen MR) is 46.0 cm³/mol. The zero-order valence-electron chi connectivity index (χ0n) is 9.38. The molecule has 0 aliphatic heterocycles. The molecule has 0 aromatic carbocycles. The largest absolute Gasteiger partial charge is 0.426 e. The molecular weight excluding hydrogens is 238 g/mol. The van der Waals surface area contributed by atoms with Crippen LogP contribution in [0.3, 0.4) is 0 Å². The molecule has 0 unspecified atom stereocenters. The predicted octanol–water partition coefficient (Wildman–Crippen LogP) is 4.07. The van der Waals surface area contributed by atoms with E-state index in [2.05, 4.69) is 4.74 Å². The molecule has 0 amide bonds. The van der Waals surface area contributed by atoms with E-state index in [0.717, 1.165) is 0 Å². The van der Waals surface area contributed by atoms with Gasteiger partial charge in [0.1, 0.15) is 0 Å². The maximum Gasteiger partial charge on any atom is 0.426 e. The lowest BCUT2D eigenvalue weighted by molar-refractivity contribution is -0.393. The summed E-state index contributed by atoms with van der Waals surface area (Å²) in [7, 11) is 0. The first-order valence-electron chi connectivity index (χ1n) is 4.60. The van der Waals surface area contributed by atoms with Gasteiger partial charge in [-0.15, -0.1) is 0 Å². The quantitative estimate of drug-likeness (QED) is 0.688. The molecule has 7 heteroatoms. The minimum absolute atomic E-state index is 0.00438. The maximum absolute atomic E-state index is 12.4. The summed E-state index contributed by atoms with van der Waals surface area (Å²) in [4.78, 5) is 0. The van der Waals surface area contributed by atoms with E-state index in [4.69, 9.17) is 0 Å². The van der Waals surface area contributed by atoms with Gasteiger partial charge in [-0.2, -0.15) is 26.3 Å². The highest BCUT2D eigenvalue weighted by molar-refractivity contribution is 4.94. The Balaban J connectivity index is 5.30. The molecule has 0 radical (unpaired) electrons. The number of rotatable bonds is 3. The minimum Gasteiger partial charge on any atom is -0.352 e. The third-order valence-corrected chi connectivity index (χ3v) is 2.41. The van der Waals surface area contributed by atoms with Gasteiger partial charge in [0.25, 0.3) is 5.60 Å². The number of ether oxygens (including phenoxy) is 1. The van der Waals surface area contributed by atoms with Gasteiger partial charge < -0.3 is 4.74 Å². The average molecular weight is 252 g/mol. The van der Waals surface area contributed by atoms with Gasteiger partial charge in [0.2, 0.25) is 0 Å². The van der Waals surface area contributed by atoms with Gasteiger partial charge in [-0.05, 0) is 27.2 Å². The van der Waals surface area contributed by atoms with Crippen LogP contribution in [0.4, 0.5) is 26.3 Å². The Bertz CT molecular complexity index is 225. The maximum atomic E-state index is 12.4. The Hall–Kier alpha value is -0.460. The number of hydrogen-bond acceptors (Lipinski definition) is 1. The lowest BCUT2D eigenvalue weighted by Gasteiger charge is -2.40. The molecule has 98 valence electrons. The molecule has 0 atom stereocenters. The van der Waals surface area contributed by atoms with Crippen molar-refractivity contribution < 1.29 is 31.1 Å². The number of halogens is 6. The molecule has 0 heterocycles. The van der Waals surface area contributed by atoms with Crippen LogP contribution in [0.15, 0.2) is 0 Å². The summed E-state index contributed by atoms with van der Waals surface area (Å²) in [5.74, 6) is 0. The van der Waals surface area contributed by atoms with Crippen LogP contribution in [-0.2, 0) is 4.74 Å². The topological polar surface area (TPSA) is 9.23 Å². The first-order chi connectivity index (χ1) is 6.77. The normalized spacial score (nSPS) is 15.4. The van der Waals surface area contributed by atoms with Gasteiger partial charge in [0.15, 0.2) is 0 Å². The molecule has 0 aromatic heterocycles. The van der Waals surface area contributed by atoms with Crippen LogP contribution in [0.5, 0.6) is 0 Å². The molecule has 0 aromatic rings. The molecule has 0 aliphatic rings. The highest BCUT2D eigenvalue weighted by atomic mass is 19.4. The smallest absolute Gasteiger partial charge is 0.352 e. The third kappa shape index (κ3) is 3.02. The van der Waals surface area contributed by atoms with E-state index in [9.17, 15) is 26.3 Å². The van der Waals surface area contributed by atoms with Gasteiger partial charge in [0, 0.05) is 0 Å². The molecule has 0 spiro atoms. The molecular formula is C9H14F6O. The van der Waals surface area contributed by atoms with E-state index in [1.54, 1.807) is 0 Å². The van der Waals surface area contributed by atoms with E-state index >= 15 is 0 Å². The first-order valence-corrected chi connectivity index (χ1v) is 4.60. The highest BCUT2D eigenvalue weighted by Gasteiger charge is 2.70. The van der Waals surface area contributed by atoms with Crippen LogP contribution in [-0.4, -0.2) is 23.6 Å². The summed E-state index contributed by atoms with van der Waals surface area (Å²) >= 11 is 0. The Kier molecular flexibility index (Phi) is 3.97. The summed E-state index contributed by atoms with van der Waals surface area (Å²) < 4.78 is 78.8. The molecule has 0 N–H and O–H groups in total. The van der Waals surface area contributed by atoms with E-state index < -0.39 is 23.6 Å². The molecule has 0 bridgehead atoms. The standard InChI is InChI=1S/C9H14F6O/c1-5-6(2,3)16-7(4,8(10,11)12)9(13,14)15/h5H2,1-4H3. The van der Waals surface area contributed by atoms with E-state index in [-0.39, 0.29) is 13.3 Å². The summed E-state index contributed by atoms with van der Waals surface area (Å²) in [5.41, 5.74) is -5.64. The highest BCUT2D eigenvalue weighted by Crippen LogP contribution is 2.47. The van der Waals surface area contributed by atoms with Crippen molar-refractivity contribution in [2.24, 2.45) is 0 Å². The van der Waals surface area contributed by atoms with Crippen molar-refractivity contribution in [1.29, 1.82) is 0 Å². The Labute approximate surface area is 89.8 Å². The fourth-order valence-corrected chi connectivity index (χ4v) is 0.901. The number of hydrogen-bond donors (Lipinski definition) is 0. The number of alkyl halides is 6. The molecule has 0 saturated carbocycles. The third-order valence-electron chi connectivity index (χ3n) is 2.41. The lowest BCUT2D eigenvalue weighted by atomic mass is 10.0. The average Bonchev–Trinajstić information content (AvgIpc) is 1.99. The summed E-state index contributed by atoms with van der Waals surface area (Å²) in [5, 5.41) is 0. The van der Waals surface area contributed by atoms with Crippen molar-refractivity contribution in [2.75, 3.05) is 0 Å². The van der Waals surface area contributed by atoms with Crippen LogP contribution < -0.4 is 0 Å². The summed E-state index contributed by atoms with van der Waals surface area (Å²) in [6.45, 7) is 3.82. The summed E-state index contributed by atoms with van der Waals surface area (Å²) in [6.07, 6.45) is -11.0. The fraction of sp³-hybridized carbons (Fsp3) is 1.00. The lowest BCUT2D eigenvalue weighted by Crippen LogP contribution is -2.59. The van der Waals surface area contributed by atoms with Gasteiger partial charge in [0.05, 0.1) is 5.60 Å². The zero-order valence-corrected chi connectivity index (χ0v) is 9.38. The summed E-state index contributed by atoms with van der Waals surface area (Å²) in [6, 6.07) is 0. The molecule has 0 rings (SSSR count). The van der Waals surface area contributed by atoms with Crippen molar-refractivity contribution in [1.82, 2.24) is 0 Å². The second-order valence-corrected chi connectivity index (χ2v) is 4.24. The van der Waals surface area contributed by atoms with Crippen LogP contribution in [0, 0.1) is 0 Å². The van der Waals surface area contributed by atoms with E-state index in [0.29, 0.717) is 0 Å². The van der Waals surface area contributed by atoms with Crippen LogP contribution in [0.1, 0.15) is 34.1 Å². The van der Waals surface area contributed by atoms with E-state index in [1.165, 1.54) is 20.8 Å². The van der Waals surface area contributed by atoms with E-state index in [1.807, 2.05) is 0 Å². The van der Waals surface area contributed by atoms with Crippen molar-refractivity contribution in [3.63, 3.8) is 0 Å². The van der Waals surface area contributed by atoms with Gasteiger partial charge in [-0.25, -0.2) is 0 Å². The monoisotopic (exact) mass is 252 g/mol. The molecule has 1 nitrogen and oxygen atoms in total. The second kappa shape index (κ2) is 4.09. The van der Waals surface area contributed by atoms with Gasteiger partial charge in [-0.1, -0.05) is 6.92 Å². The molecule has 16 heavy (non-hydrogen) atoms. The fourth-order valence-electron chi connectivity index (χ4n) is 0.901. The SMILES string of the molecule is CCC(C)(C)OC(C)(C(F)(F)F)C(F)(F)F. The molecule has 0 aliphatic carbocycles. The van der Waals surface area contributed by atoms with Crippen molar-refractivity contribution in [3.05, 3.63) is 0 Å². The van der Waals surface area contributed by atoms with Crippen molar-refractivity contribution in [3.8, 4) is 0 Å². The Morgan fingerprint density at radius 2 is 1.12 bits per heavy atom. The van der Waals surface area contributed by atoms with Crippen LogP contribution >= 0.6 is 0 Å². The minimum atomic E-state index is -5.50. The van der Waals surface area contributed by atoms with Crippen LogP contribution in [0.2, 0.25) is 0 Å². The Morgan fingerprint density at radius 3 is 1.31 bits per heavy atom. The second-order valence-electron chi connectivity index (χ2n) is 4.24. The van der Waals surface area contributed by atoms with Gasteiger partial charge in [-0.3, -0.25) is 0 Å².